The molecule has 26 heavy (non-hydrogen) atoms. The van der Waals surface area contributed by atoms with Gasteiger partial charge in [-0.15, -0.1) is 0 Å². The molecule has 3 rings (SSSR count). The highest BCUT2D eigenvalue weighted by molar-refractivity contribution is 6.08. The number of carbonyl (C=O) groups excluding carboxylic acids is 3. The van der Waals surface area contributed by atoms with E-state index in [1.54, 1.807) is 38.3 Å². The molecule has 1 aliphatic heterocycles. The van der Waals surface area contributed by atoms with Crippen molar-refractivity contribution in [3.63, 3.8) is 0 Å². The molecule has 0 radical (unpaired) electrons. The standard InChI is InChI=1S/C18H19N3O5/c1-18(14-7-4-8-26-14)16(23)21(17(24)20-18)11-15(22)19-10-12-5-3-6-13(9-12)25-2/h3-9H,10-11H2,1-2H3,(H,19,22)(H,20,24). The van der Waals surface area contributed by atoms with Crippen LogP contribution in [0.4, 0.5) is 4.79 Å². The average molecular weight is 357 g/mol. The monoisotopic (exact) mass is 357 g/mol. The van der Waals surface area contributed by atoms with Gasteiger partial charge in [0.15, 0.2) is 5.54 Å². The molecule has 2 N–H and O–H groups in total. The van der Waals surface area contributed by atoms with Crippen molar-refractivity contribution in [2.24, 2.45) is 0 Å². The van der Waals surface area contributed by atoms with Crippen LogP contribution in [0, 0.1) is 0 Å². The minimum Gasteiger partial charge on any atom is -0.497 e. The summed E-state index contributed by atoms with van der Waals surface area (Å²) in [6.07, 6.45) is 1.42. The summed E-state index contributed by atoms with van der Waals surface area (Å²) in [5.41, 5.74) is -0.469. The van der Waals surface area contributed by atoms with Crippen LogP contribution < -0.4 is 15.4 Å². The van der Waals surface area contributed by atoms with Crippen LogP contribution in [0.2, 0.25) is 0 Å². The zero-order chi connectivity index (χ0) is 18.7. The number of nitrogens with one attached hydrogen (secondary N) is 2. The van der Waals surface area contributed by atoms with E-state index in [1.807, 2.05) is 12.1 Å². The molecule has 1 aromatic carbocycles. The molecule has 0 spiro atoms. The molecule has 2 heterocycles. The van der Waals surface area contributed by atoms with E-state index in [2.05, 4.69) is 10.6 Å². The number of furan rings is 1. The molecule has 1 aliphatic rings. The Bertz CT molecular complexity index is 833. The normalized spacial score (nSPS) is 19.4. The molecule has 1 fully saturated rings. The Labute approximate surface area is 150 Å². The summed E-state index contributed by atoms with van der Waals surface area (Å²) < 4.78 is 10.4. The number of methoxy groups -OCH3 is 1. The summed E-state index contributed by atoms with van der Waals surface area (Å²) in [5, 5.41) is 5.26. The van der Waals surface area contributed by atoms with Crippen LogP contribution in [0.15, 0.2) is 47.1 Å². The van der Waals surface area contributed by atoms with Gasteiger partial charge in [-0.05, 0) is 36.8 Å². The van der Waals surface area contributed by atoms with Crippen LogP contribution in [0.25, 0.3) is 0 Å². The van der Waals surface area contributed by atoms with E-state index >= 15 is 0 Å². The number of rotatable bonds is 6. The highest BCUT2D eigenvalue weighted by atomic mass is 16.5. The molecule has 0 aliphatic carbocycles. The van der Waals surface area contributed by atoms with Gasteiger partial charge in [0, 0.05) is 6.54 Å². The predicted octanol–water partition coefficient (Wildman–Crippen LogP) is 1.37. The van der Waals surface area contributed by atoms with E-state index in [1.165, 1.54) is 6.26 Å². The van der Waals surface area contributed by atoms with Crippen molar-refractivity contribution in [2.75, 3.05) is 13.7 Å². The molecule has 0 saturated carbocycles. The minimum atomic E-state index is -1.31. The first kappa shape index (κ1) is 17.5. The topological polar surface area (TPSA) is 101 Å². The number of nitrogens with zero attached hydrogens (tertiary/aromatic N) is 1. The van der Waals surface area contributed by atoms with Crippen molar-refractivity contribution in [3.8, 4) is 5.75 Å². The number of hydrogen-bond acceptors (Lipinski definition) is 5. The van der Waals surface area contributed by atoms with Gasteiger partial charge in [-0.2, -0.15) is 0 Å². The maximum atomic E-state index is 12.6. The maximum absolute atomic E-state index is 12.6. The van der Waals surface area contributed by atoms with E-state index in [4.69, 9.17) is 9.15 Å². The number of ether oxygens (including phenoxy) is 1. The summed E-state index contributed by atoms with van der Waals surface area (Å²) in [4.78, 5) is 37.8. The fraction of sp³-hybridized carbons (Fsp3) is 0.278. The van der Waals surface area contributed by atoms with Crippen molar-refractivity contribution in [1.82, 2.24) is 15.5 Å². The second-order valence-corrected chi connectivity index (χ2v) is 6.05. The number of hydrogen-bond donors (Lipinski definition) is 2. The smallest absolute Gasteiger partial charge is 0.325 e. The number of imide groups is 1. The van der Waals surface area contributed by atoms with Gasteiger partial charge >= 0.3 is 6.03 Å². The molecule has 1 atom stereocenters. The lowest BCUT2D eigenvalue weighted by molar-refractivity contribution is -0.135. The number of benzene rings is 1. The highest BCUT2D eigenvalue weighted by Gasteiger charge is 2.51. The van der Waals surface area contributed by atoms with Gasteiger partial charge in [0.2, 0.25) is 5.91 Å². The summed E-state index contributed by atoms with van der Waals surface area (Å²) in [6, 6.07) is 9.84. The lowest BCUT2D eigenvalue weighted by atomic mass is 9.99. The van der Waals surface area contributed by atoms with E-state index < -0.39 is 23.4 Å². The molecule has 4 amide bonds. The molecule has 1 aromatic heterocycles. The van der Waals surface area contributed by atoms with Crippen LogP contribution in [0.5, 0.6) is 5.75 Å². The zero-order valence-electron chi connectivity index (χ0n) is 14.4. The van der Waals surface area contributed by atoms with Gasteiger partial charge in [0.25, 0.3) is 5.91 Å². The third kappa shape index (κ3) is 3.26. The van der Waals surface area contributed by atoms with Crippen LogP contribution in [0.1, 0.15) is 18.2 Å². The summed E-state index contributed by atoms with van der Waals surface area (Å²) >= 11 is 0. The Morgan fingerprint density at radius 1 is 1.31 bits per heavy atom. The van der Waals surface area contributed by atoms with E-state index in [-0.39, 0.29) is 13.1 Å². The van der Waals surface area contributed by atoms with Crippen LogP contribution in [0.3, 0.4) is 0 Å². The third-order valence-electron chi connectivity index (χ3n) is 4.21. The number of amides is 4. The molecule has 1 saturated heterocycles. The Morgan fingerprint density at radius 3 is 2.81 bits per heavy atom. The average Bonchev–Trinajstić information content (AvgIpc) is 3.25. The van der Waals surface area contributed by atoms with E-state index in [0.717, 1.165) is 10.5 Å². The van der Waals surface area contributed by atoms with Gasteiger partial charge in [0.05, 0.1) is 13.4 Å². The van der Waals surface area contributed by atoms with Crippen molar-refractivity contribution in [3.05, 3.63) is 54.0 Å². The number of carbonyl (C=O) groups is 3. The third-order valence-corrected chi connectivity index (χ3v) is 4.21. The van der Waals surface area contributed by atoms with E-state index in [0.29, 0.717) is 11.5 Å². The Kier molecular flexibility index (Phi) is 4.66. The van der Waals surface area contributed by atoms with Gasteiger partial charge in [-0.25, -0.2) is 4.79 Å². The van der Waals surface area contributed by atoms with Crippen molar-refractivity contribution >= 4 is 17.8 Å². The van der Waals surface area contributed by atoms with Gasteiger partial charge in [-0.3, -0.25) is 14.5 Å². The molecule has 136 valence electrons. The second kappa shape index (κ2) is 6.91. The Morgan fingerprint density at radius 2 is 2.12 bits per heavy atom. The largest absolute Gasteiger partial charge is 0.497 e. The second-order valence-electron chi connectivity index (χ2n) is 6.05. The van der Waals surface area contributed by atoms with Crippen molar-refractivity contribution < 1.29 is 23.5 Å². The first-order chi connectivity index (χ1) is 12.4. The minimum absolute atomic E-state index is 0.259. The van der Waals surface area contributed by atoms with Crippen LogP contribution in [-0.2, 0) is 21.7 Å². The molecule has 0 bridgehead atoms. The molecule has 8 heteroatoms. The molecule has 1 unspecified atom stereocenters. The lowest BCUT2D eigenvalue weighted by Crippen LogP contribution is -2.43. The lowest BCUT2D eigenvalue weighted by Gasteiger charge is -2.18. The van der Waals surface area contributed by atoms with E-state index in [9.17, 15) is 14.4 Å². The number of urea groups is 1. The van der Waals surface area contributed by atoms with Crippen LogP contribution >= 0.6 is 0 Å². The quantitative estimate of drug-likeness (QED) is 0.761. The fourth-order valence-electron chi connectivity index (χ4n) is 2.75. The van der Waals surface area contributed by atoms with Crippen LogP contribution in [-0.4, -0.2) is 36.4 Å². The van der Waals surface area contributed by atoms with Gasteiger partial charge in [-0.1, -0.05) is 12.1 Å². The van der Waals surface area contributed by atoms with Gasteiger partial charge < -0.3 is 19.8 Å². The first-order valence-corrected chi connectivity index (χ1v) is 8.02. The Hall–Kier alpha value is -3.29. The molecular formula is C18H19N3O5. The van der Waals surface area contributed by atoms with Crippen molar-refractivity contribution in [2.45, 2.75) is 19.0 Å². The summed E-state index contributed by atoms with van der Waals surface area (Å²) in [7, 11) is 1.56. The predicted molar refractivity (Wildman–Crippen MR) is 91.1 cm³/mol. The van der Waals surface area contributed by atoms with Gasteiger partial charge in [0.1, 0.15) is 18.1 Å². The zero-order valence-corrected chi connectivity index (χ0v) is 14.4. The maximum Gasteiger partial charge on any atom is 0.325 e. The molecule has 2 aromatic rings. The SMILES string of the molecule is COc1cccc(CNC(=O)CN2C(=O)NC(C)(c3ccco3)C2=O)c1. The summed E-state index contributed by atoms with van der Waals surface area (Å²) in [5.74, 6) is 0.0178. The molecular weight excluding hydrogens is 338 g/mol. The first-order valence-electron chi connectivity index (χ1n) is 8.02. The fourth-order valence-corrected chi connectivity index (χ4v) is 2.75. The van der Waals surface area contributed by atoms with Crippen molar-refractivity contribution in [1.29, 1.82) is 0 Å². The Balaban J connectivity index is 1.62. The molecule has 8 nitrogen and oxygen atoms in total. The summed E-state index contributed by atoms with van der Waals surface area (Å²) in [6.45, 7) is 1.43. The highest BCUT2D eigenvalue weighted by Crippen LogP contribution is 2.28.